The predicted molar refractivity (Wildman–Crippen MR) is 159 cm³/mol. The van der Waals surface area contributed by atoms with Crippen molar-refractivity contribution >= 4 is 27.5 Å². The van der Waals surface area contributed by atoms with Gasteiger partial charge in [-0.2, -0.15) is 13.2 Å². The third-order valence-corrected chi connectivity index (χ3v) is 9.49. The van der Waals surface area contributed by atoms with E-state index in [1.807, 2.05) is 0 Å². The number of hydrogen-bond donors (Lipinski definition) is 1. The lowest BCUT2D eigenvalue weighted by molar-refractivity contribution is -0.140. The molecule has 3 aromatic rings. The van der Waals surface area contributed by atoms with Crippen molar-refractivity contribution in [1.29, 1.82) is 0 Å². The highest BCUT2D eigenvalue weighted by molar-refractivity contribution is 7.92. The average Bonchev–Trinajstić information content (AvgIpc) is 3.49. The molecule has 236 valence electrons. The van der Waals surface area contributed by atoms with E-state index in [4.69, 9.17) is 0 Å². The van der Waals surface area contributed by atoms with Gasteiger partial charge in [-0.15, -0.1) is 0 Å². The second kappa shape index (κ2) is 13.8. The van der Waals surface area contributed by atoms with E-state index in [1.54, 1.807) is 26.0 Å². The van der Waals surface area contributed by atoms with Gasteiger partial charge in [-0.25, -0.2) is 12.8 Å². The standard InChI is InChI=1S/C32H35F4N3O4S/c1-3-29(31(41)37-26-8-4-5-9-26)38(20-23-13-15-25(33)16-14-23)30(40)21-39(27-10-6-7-24(19-27)32(34,35)36)44(42,43)28-17-11-22(2)12-18-28/h6-7,10-19,26,29H,3-5,8-9,20-21H2,1-2H3,(H,37,41)/t29-/m1/s1. The summed E-state index contributed by atoms with van der Waals surface area (Å²) in [7, 11) is -4.54. The van der Waals surface area contributed by atoms with Crippen LogP contribution in [0.15, 0.2) is 77.7 Å². The molecule has 4 rings (SSSR count). The van der Waals surface area contributed by atoms with Gasteiger partial charge in [0, 0.05) is 12.6 Å². The van der Waals surface area contributed by atoms with Crippen molar-refractivity contribution in [1.82, 2.24) is 10.2 Å². The van der Waals surface area contributed by atoms with Crippen LogP contribution in [0.4, 0.5) is 23.2 Å². The highest BCUT2D eigenvalue weighted by Crippen LogP contribution is 2.33. The third-order valence-electron chi connectivity index (χ3n) is 7.70. The summed E-state index contributed by atoms with van der Waals surface area (Å²) >= 11 is 0. The van der Waals surface area contributed by atoms with Crippen molar-refractivity contribution in [2.45, 2.75) is 75.7 Å². The number of nitrogens with zero attached hydrogens (tertiary/aromatic N) is 2. The van der Waals surface area contributed by atoms with E-state index in [-0.39, 0.29) is 29.6 Å². The van der Waals surface area contributed by atoms with Crippen LogP contribution in [-0.2, 0) is 32.3 Å². The highest BCUT2D eigenvalue weighted by atomic mass is 32.2. The molecule has 3 aromatic carbocycles. The number of nitrogens with one attached hydrogen (secondary N) is 1. The summed E-state index contributed by atoms with van der Waals surface area (Å²) in [5.74, 6) is -1.73. The lowest BCUT2D eigenvalue weighted by Crippen LogP contribution is -2.53. The Morgan fingerprint density at radius 3 is 2.20 bits per heavy atom. The fourth-order valence-electron chi connectivity index (χ4n) is 5.28. The second-order valence-corrected chi connectivity index (χ2v) is 12.8. The van der Waals surface area contributed by atoms with Crippen LogP contribution < -0.4 is 9.62 Å². The molecule has 0 spiro atoms. The maximum absolute atomic E-state index is 14.1. The molecule has 1 fully saturated rings. The molecule has 1 atom stereocenters. The molecule has 0 bridgehead atoms. The minimum atomic E-state index is -4.76. The Bertz CT molecular complexity index is 1560. The maximum Gasteiger partial charge on any atom is 0.416 e. The van der Waals surface area contributed by atoms with E-state index in [0.29, 0.717) is 15.9 Å². The molecule has 0 aromatic heterocycles. The molecular formula is C32H35F4N3O4S. The smallest absolute Gasteiger partial charge is 0.352 e. The molecule has 1 aliphatic rings. The van der Waals surface area contributed by atoms with E-state index >= 15 is 0 Å². The van der Waals surface area contributed by atoms with Gasteiger partial charge >= 0.3 is 6.18 Å². The van der Waals surface area contributed by atoms with E-state index in [0.717, 1.165) is 43.4 Å². The molecule has 44 heavy (non-hydrogen) atoms. The highest BCUT2D eigenvalue weighted by Gasteiger charge is 2.36. The number of benzene rings is 3. The lowest BCUT2D eigenvalue weighted by Gasteiger charge is -2.34. The molecule has 12 heteroatoms. The Balaban J connectivity index is 1.75. The summed E-state index contributed by atoms with van der Waals surface area (Å²) in [5, 5.41) is 2.98. The third kappa shape index (κ3) is 7.96. The summed E-state index contributed by atoms with van der Waals surface area (Å²) in [6, 6.07) is 13.7. The van der Waals surface area contributed by atoms with Crippen LogP contribution >= 0.6 is 0 Å². The number of alkyl halides is 3. The Morgan fingerprint density at radius 1 is 0.977 bits per heavy atom. The fourth-order valence-corrected chi connectivity index (χ4v) is 6.68. The van der Waals surface area contributed by atoms with Crippen molar-refractivity contribution < 1.29 is 35.6 Å². The number of halogens is 4. The van der Waals surface area contributed by atoms with Gasteiger partial charge in [-0.1, -0.05) is 55.7 Å². The number of sulfonamides is 1. The molecule has 0 heterocycles. The maximum atomic E-state index is 14.1. The number of carbonyl (C=O) groups is 2. The van der Waals surface area contributed by atoms with E-state index < -0.39 is 52.0 Å². The number of amides is 2. The molecule has 1 aliphatic carbocycles. The van der Waals surface area contributed by atoms with Crippen LogP contribution in [0.25, 0.3) is 0 Å². The molecule has 1 N–H and O–H groups in total. The first-order valence-corrected chi connectivity index (χ1v) is 15.8. The van der Waals surface area contributed by atoms with Crippen LogP contribution in [0.5, 0.6) is 0 Å². The average molecular weight is 634 g/mol. The molecular weight excluding hydrogens is 598 g/mol. The zero-order chi connectivity index (χ0) is 32.1. The summed E-state index contributed by atoms with van der Waals surface area (Å²) in [6.45, 7) is 2.42. The van der Waals surface area contributed by atoms with Crippen molar-refractivity contribution in [2.24, 2.45) is 0 Å². The SMILES string of the molecule is CC[C@H](C(=O)NC1CCCC1)N(Cc1ccc(F)cc1)C(=O)CN(c1cccc(C(F)(F)F)c1)S(=O)(=O)c1ccc(C)cc1. The molecule has 0 saturated heterocycles. The van der Waals surface area contributed by atoms with Crippen molar-refractivity contribution in [3.8, 4) is 0 Å². The zero-order valence-electron chi connectivity index (χ0n) is 24.5. The zero-order valence-corrected chi connectivity index (χ0v) is 25.3. The number of hydrogen-bond acceptors (Lipinski definition) is 4. The Kier molecular flexibility index (Phi) is 10.3. The number of rotatable bonds is 11. The first-order valence-electron chi connectivity index (χ1n) is 14.4. The molecule has 0 aliphatic heterocycles. The molecule has 1 saturated carbocycles. The number of anilines is 1. The minimum Gasteiger partial charge on any atom is -0.352 e. The second-order valence-electron chi connectivity index (χ2n) is 10.9. The summed E-state index contributed by atoms with van der Waals surface area (Å²) in [5.41, 5.74) is -0.204. The largest absolute Gasteiger partial charge is 0.416 e. The van der Waals surface area contributed by atoms with Gasteiger partial charge in [0.15, 0.2) is 0 Å². The first-order chi connectivity index (χ1) is 20.8. The van der Waals surface area contributed by atoms with Crippen LogP contribution in [0.1, 0.15) is 55.7 Å². The van der Waals surface area contributed by atoms with Gasteiger partial charge in [-0.3, -0.25) is 13.9 Å². The monoisotopic (exact) mass is 633 g/mol. The first kappa shape index (κ1) is 33.0. The number of aryl methyl sites for hydroxylation is 1. The summed E-state index contributed by atoms with van der Waals surface area (Å²) < 4.78 is 83.1. The minimum absolute atomic E-state index is 0.0529. The molecule has 0 radical (unpaired) electrons. The van der Waals surface area contributed by atoms with Crippen LogP contribution in [0.3, 0.4) is 0 Å². The van der Waals surface area contributed by atoms with E-state index in [9.17, 15) is 35.6 Å². The van der Waals surface area contributed by atoms with Gasteiger partial charge < -0.3 is 10.2 Å². The van der Waals surface area contributed by atoms with Crippen LogP contribution in [-0.4, -0.2) is 43.8 Å². The lowest BCUT2D eigenvalue weighted by atomic mass is 10.1. The van der Waals surface area contributed by atoms with E-state index in [1.165, 1.54) is 47.4 Å². The van der Waals surface area contributed by atoms with Gasteiger partial charge in [-0.05, 0) is 74.2 Å². The number of carbonyl (C=O) groups excluding carboxylic acids is 2. The van der Waals surface area contributed by atoms with Gasteiger partial charge in [0.25, 0.3) is 10.0 Å². The van der Waals surface area contributed by atoms with E-state index in [2.05, 4.69) is 5.32 Å². The molecule has 0 unspecified atom stereocenters. The summed E-state index contributed by atoms with van der Waals surface area (Å²) in [4.78, 5) is 28.6. The van der Waals surface area contributed by atoms with Gasteiger partial charge in [0.05, 0.1) is 16.1 Å². The topological polar surface area (TPSA) is 86.8 Å². The van der Waals surface area contributed by atoms with Gasteiger partial charge in [0.2, 0.25) is 11.8 Å². The Labute approximate surface area is 254 Å². The van der Waals surface area contributed by atoms with Crippen molar-refractivity contribution in [2.75, 3.05) is 10.8 Å². The van der Waals surface area contributed by atoms with Crippen molar-refractivity contribution in [3.05, 3.63) is 95.3 Å². The summed E-state index contributed by atoms with van der Waals surface area (Å²) in [6.07, 6.45) is -1.07. The van der Waals surface area contributed by atoms with Crippen LogP contribution in [0, 0.1) is 12.7 Å². The Hall–Kier alpha value is -3.93. The van der Waals surface area contributed by atoms with Gasteiger partial charge in [0.1, 0.15) is 18.4 Å². The fraction of sp³-hybridized carbons (Fsp3) is 0.375. The molecule has 7 nitrogen and oxygen atoms in total. The predicted octanol–water partition coefficient (Wildman–Crippen LogP) is 6.21. The van der Waals surface area contributed by atoms with Crippen LogP contribution in [0.2, 0.25) is 0 Å². The Morgan fingerprint density at radius 2 is 1.61 bits per heavy atom. The normalized spacial score (nSPS) is 14.7. The quantitative estimate of drug-likeness (QED) is 0.254. The molecule has 2 amide bonds. The van der Waals surface area contributed by atoms with Crippen molar-refractivity contribution in [3.63, 3.8) is 0 Å².